The van der Waals surface area contributed by atoms with Crippen LogP contribution in [0.1, 0.15) is 18.7 Å². The van der Waals surface area contributed by atoms with Crippen LogP contribution in [0.5, 0.6) is 0 Å². The summed E-state index contributed by atoms with van der Waals surface area (Å²) in [5.41, 5.74) is 0.968. The minimum absolute atomic E-state index is 0.0799. The van der Waals surface area contributed by atoms with E-state index >= 15 is 0 Å². The van der Waals surface area contributed by atoms with Gasteiger partial charge in [0.05, 0.1) is 0 Å². The standard InChI is InChI=1S/C18H23N5O2/c24-18-19-9-12-23(18)15-7-4-10-22(13-15)11-8-16-20-17(21-25-16)14-5-2-1-3-6-14/h1-3,5-6,15H,4,7-13H2,(H,19,24). The number of carbonyl (C=O) groups is 1. The molecule has 2 aliphatic rings. The Morgan fingerprint density at radius 1 is 1.24 bits per heavy atom. The van der Waals surface area contributed by atoms with Crippen molar-refractivity contribution in [1.29, 1.82) is 0 Å². The van der Waals surface area contributed by atoms with Crippen molar-refractivity contribution in [2.24, 2.45) is 0 Å². The van der Waals surface area contributed by atoms with Gasteiger partial charge in [0.1, 0.15) is 0 Å². The Morgan fingerprint density at radius 2 is 2.12 bits per heavy atom. The molecule has 25 heavy (non-hydrogen) atoms. The predicted octanol–water partition coefficient (Wildman–Crippen LogP) is 1.77. The maximum absolute atomic E-state index is 11.9. The molecule has 2 amide bonds. The molecule has 7 nitrogen and oxygen atoms in total. The summed E-state index contributed by atoms with van der Waals surface area (Å²) in [5, 5.41) is 6.97. The van der Waals surface area contributed by atoms with Crippen LogP contribution in [0.2, 0.25) is 0 Å². The second kappa shape index (κ2) is 7.23. The van der Waals surface area contributed by atoms with E-state index in [1.54, 1.807) is 0 Å². The number of aromatic nitrogens is 2. The summed E-state index contributed by atoms with van der Waals surface area (Å²) in [6.07, 6.45) is 2.94. The first-order valence-corrected chi connectivity index (χ1v) is 8.94. The molecular weight excluding hydrogens is 318 g/mol. The van der Waals surface area contributed by atoms with Crippen molar-refractivity contribution >= 4 is 6.03 Å². The van der Waals surface area contributed by atoms with Crippen LogP contribution in [0.25, 0.3) is 11.4 Å². The van der Waals surface area contributed by atoms with Gasteiger partial charge in [0.15, 0.2) is 0 Å². The summed E-state index contributed by atoms with van der Waals surface area (Å²) in [6.45, 7) is 4.45. The maximum atomic E-state index is 11.9. The molecule has 1 atom stereocenters. The van der Waals surface area contributed by atoms with Gasteiger partial charge in [-0.05, 0) is 19.4 Å². The summed E-state index contributed by atoms with van der Waals surface area (Å²) in [7, 11) is 0. The third-order valence-corrected chi connectivity index (χ3v) is 4.95. The molecular formula is C18H23N5O2. The molecule has 0 bridgehead atoms. The summed E-state index contributed by atoms with van der Waals surface area (Å²) in [4.78, 5) is 20.7. The Morgan fingerprint density at radius 3 is 2.92 bits per heavy atom. The van der Waals surface area contributed by atoms with E-state index in [2.05, 4.69) is 20.4 Å². The van der Waals surface area contributed by atoms with Crippen molar-refractivity contribution in [2.75, 3.05) is 32.7 Å². The van der Waals surface area contributed by atoms with E-state index in [0.29, 0.717) is 17.8 Å². The molecule has 0 saturated carbocycles. The van der Waals surface area contributed by atoms with Gasteiger partial charge in [0.2, 0.25) is 11.7 Å². The highest BCUT2D eigenvalue weighted by Gasteiger charge is 2.31. The van der Waals surface area contributed by atoms with E-state index in [4.69, 9.17) is 4.52 Å². The zero-order valence-electron chi connectivity index (χ0n) is 14.2. The lowest BCUT2D eigenvalue weighted by Crippen LogP contribution is -2.49. The number of piperidine rings is 1. The quantitative estimate of drug-likeness (QED) is 0.897. The molecule has 2 fully saturated rings. The third kappa shape index (κ3) is 3.66. The molecule has 0 spiro atoms. The Balaban J connectivity index is 1.32. The fourth-order valence-electron chi connectivity index (χ4n) is 3.64. The monoisotopic (exact) mass is 341 g/mol. The smallest absolute Gasteiger partial charge is 0.317 e. The van der Waals surface area contributed by atoms with Crippen molar-refractivity contribution < 1.29 is 9.32 Å². The topological polar surface area (TPSA) is 74.5 Å². The number of amides is 2. The average Bonchev–Trinajstić information content (AvgIpc) is 3.30. The molecule has 2 saturated heterocycles. The number of urea groups is 1. The van der Waals surface area contributed by atoms with Gasteiger partial charge in [-0.25, -0.2) is 4.79 Å². The number of hydrogen-bond acceptors (Lipinski definition) is 5. The zero-order chi connectivity index (χ0) is 17.1. The van der Waals surface area contributed by atoms with Gasteiger partial charge in [-0.15, -0.1) is 0 Å². The molecule has 2 aromatic rings. The van der Waals surface area contributed by atoms with Crippen LogP contribution in [-0.4, -0.2) is 64.7 Å². The van der Waals surface area contributed by atoms with Crippen LogP contribution in [0, 0.1) is 0 Å². The van der Waals surface area contributed by atoms with E-state index < -0.39 is 0 Å². The molecule has 1 aromatic carbocycles. The van der Waals surface area contributed by atoms with Crippen LogP contribution < -0.4 is 5.32 Å². The average molecular weight is 341 g/mol. The lowest BCUT2D eigenvalue weighted by Gasteiger charge is -2.36. The fraction of sp³-hybridized carbons (Fsp3) is 0.500. The highest BCUT2D eigenvalue weighted by molar-refractivity contribution is 5.76. The van der Waals surface area contributed by atoms with E-state index in [1.807, 2.05) is 35.2 Å². The number of hydrogen-bond donors (Lipinski definition) is 1. The number of nitrogens with zero attached hydrogens (tertiary/aromatic N) is 4. The van der Waals surface area contributed by atoms with Crippen LogP contribution in [-0.2, 0) is 6.42 Å². The summed E-state index contributed by atoms with van der Waals surface area (Å²) in [6, 6.07) is 10.3. The minimum atomic E-state index is 0.0799. The van der Waals surface area contributed by atoms with Crippen molar-refractivity contribution in [1.82, 2.24) is 25.3 Å². The van der Waals surface area contributed by atoms with E-state index in [1.165, 1.54) is 0 Å². The Bertz CT molecular complexity index is 717. The number of rotatable bonds is 5. The molecule has 7 heteroatoms. The van der Waals surface area contributed by atoms with Gasteiger partial charge < -0.3 is 19.6 Å². The lowest BCUT2D eigenvalue weighted by atomic mass is 10.0. The first-order chi connectivity index (χ1) is 12.3. The molecule has 2 aliphatic heterocycles. The highest BCUT2D eigenvalue weighted by atomic mass is 16.5. The van der Waals surface area contributed by atoms with E-state index in [9.17, 15) is 4.79 Å². The van der Waals surface area contributed by atoms with Gasteiger partial charge >= 0.3 is 6.03 Å². The van der Waals surface area contributed by atoms with Crippen LogP contribution in [0.4, 0.5) is 4.79 Å². The molecule has 4 rings (SSSR count). The van der Waals surface area contributed by atoms with Crippen molar-refractivity contribution in [3.63, 3.8) is 0 Å². The molecule has 0 aliphatic carbocycles. The zero-order valence-corrected chi connectivity index (χ0v) is 14.2. The molecule has 0 radical (unpaired) electrons. The highest BCUT2D eigenvalue weighted by Crippen LogP contribution is 2.19. The summed E-state index contributed by atoms with van der Waals surface area (Å²) >= 11 is 0. The number of carbonyl (C=O) groups excluding carboxylic acids is 1. The SMILES string of the molecule is O=C1NCCN1C1CCCN(CCc2nc(-c3ccccc3)no2)C1. The first-order valence-electron chi connectivity index (χ1n) is 8.94. The maximum Gasteiger partial charge on any atom is 0.317 e. The number of likely N-dealkylation sites (tertiary alicyclic amines) is 1. The molecule has 1 unspecified atom stereocenters. The van der Waals surface area contributed by atoms with Gasteiger partial charge in [0.25, 0.3) is 0 Å². The molecule has 132 valence electrons. The number of nitrogens with one attached hydrogen (secondary N) is 1. The van der Waals surface area contributed by atoms with Crippen molar-refractivity contribution in [3.05, 3.63) is 36.2 Å². The van der Waals surface area contributed by atoms with Gasteiger partial charge in [-0.2, -0.15) is 4.98 Å². The second-order valence-corrected chi connectivity index (χ2v) is 6.65. The Kier molecular flexibility index (Phi) is 4.65. The fourth-order valence-corrected chi connectivity index (χ4v) is 3.64. The summed E-state index contributed by atoms with van der Waals surface area (Å²) < 4.78 is 5.39. The number of benzene rings is 1. The molecule has 1 aromatic heterocycles. The minimum Gasteiger partial charge on any atom is -0.339 e. The Hall–Kier alpha value is -2.41. The van der Waals surface area contributed by atoms with E-state index in [-0.39, 0.29) is 6.03 Å². The second-order valence-electron chi connectivity index (χ2n) is 6.65. The van der Waals surface area contributed by atoms with Gasteiger partial charge in [-0.3, -0.25) is 0 Å². The normalized spacial score (nSPS) is 21.5. The third-order valence-electron chi connectivity index (χ3n) is 4.95. The van der Waals surface area contributed by atoms with Gasteiger partial charge in [-0.1, -0.05) is 35.5 Å². The van der Waals surface area contributed by atoms with Crippen LogP contribution >= 0.6 is 0 Å². The van der Waals surface area contributed by atoms with E-state index in [0.717, 1.165) is 57.5 Å². The first kappa shape index (κ1) is 16.1. The Labute approximate surface area is 147 Å². The van der Waals surface area contributed by atoms with Crippen molar-refractivity contribution in [2.45, 2.75) is 25.3 Å². The van der Waals surface area contributed by atoms with Crippen LogP contribution in [0.3, 0.4) is 0 Å². The largest absolute Gasteiger partial charge is 0.339 e. The molecule has 3 heterocycles. The van der Waals surface area contributed by atoms with Gasteiger partial charge in [0, 0.05) is 44.2 Å². The summed E-state index contributed by atoms with van der Waals surface area (Å²) in [5.74, 6) is 1.31. The predicted molar refractivity (Wildman–Crippen MR) is 93.0 cm³/mol. The molecule has 1 N–H and O–H groups in total. The van der Waals surface area contributed by atoms with Crippen LogP contribution in [0.15, 0.2) is 34.9 Å². The lowest BCUT2D eigenvalue weighted by molar-refractivity contribution is 0.125. The van der Waals surface area contributed by atoms with Crippen molar-refractivity contribution in [3.8, 4) is 11.4 Å².